The number of aromatic nitrogens is 1. The molecule has 1 heterocycles. The molecule has 3 rings (SSSR count). The van der Waals surface area contributed by atoms with Crippen molar-refractivity contribution in [1.82, 2.24) is 10.3 Å². The first kappa shape index (κ1) is 16.6. The second-order valence-electron chi connectivity index (χ2n) is 5.85. The Morgan fingerprint density at radius 3 is 3.00 bits per heavy atom. The van der Waals surface area contributed by atoms with E-state index in [1.54, 1.807) is 19.4 Å². The van der Waals surface area contributed by atoms with Crippen LogP contribution in [-0.4, -0.2) is 29.3 Å². The maximum Gasteiger partial charge on any atom is 0.252 e. The van der Waals surface area contributed by atoms with Gasteiger partial charge in [-0.2, -0.15) is 5.26 Å². The summed E-state index contributed by atoms with van der Waals surface area (Å²) in [6.45, 7) is 0. The number of hydrogen-bond acceptors (Lipinski definition) is 5. The molecule has 1 aliphatic rings. The summed E-state index contributed by atoms with van der Waals surface area (Å²) in [6, 6.07) is 7.27. The summed E-state index contributed by atoms with van der Waals surface area (Å²) in [5.41, 5.74) is 1.35. The number of ether oxygens (including phenoxy) is 1. The number of thiocyanates is 1. The number of nitriles is 1. The van der Waals surface area contributed by atoms with Crippen molar-refractivity contribution in [1.29, 1.82) is 5.26 Å². The Bertz CT molecular complexity index is 787. The minimum absolute atomic E-state index is 0.0322. The van der Waals surface area contributed by atoms with Crippen molar-refractivity contribution in [2.24, 2.45) is 0 Å². The first-order valence-corrected chi connectivity index (χ1v) is 8.89. The van der Waals surface area contributed by atoms with Crippen molar-refractivity contribution in [3.8, 4) is 11.2 Å². The number of amides is 1. The highest BCUT2D eigenvalue weighted by atomic mass is 32.2. The molecule has 6 heteroatoms. The van der Waals surface area contributed by atoms with Crippen molar-refractivity contribution in [3.05, 3.63) is 36.0 Å². The minimum atomic E-state index is -0.119. The summed E-state index contributed by atoms with van der Waals surface area (Å²) in [5.74, 6) is 0.575. The van der Waals surface area contributed by atoms with Crippen molar-refractivity contribution >= 4 is 28.6 Å². The zero-order chi connectivity index (χ0) is 16.9. The molecular formula is C18H19N3O2S. The van der Waals surface area contributed by atoms with Crippen LogP contribution in [0.1, 0.15) is 36.0 Å². The summed E-state index contributed by atoms with van der Waals surface area (Å²) in [6.07, 6.45) is 5.72. The zero-order valence-electron chi connectivity index (χ0n) is 13.5. The molecule has 1 amide bonds. The lowest BCUT2D eigenvalue weighted by atomic mass is 9.94. The number of fused-ring (bicyclic) bond motifs is 1. The molecule has 1 aliphatic carbocycles. The van der Waals surface area contributed by atoms with E-state index in [4.69, 9.17) is 10.00 Å². The van der Waals surface area contributed by atoms with Crippen LogP contribution < -0.4 is 10.1 Å². The molecule has 1 aromatic heterocycles. The van der Waals surface area contributed by atoms with Crippen LogP contribution in [0.3, 0.4) is 0 Å². The summed E-state index contributed by atoms with van der Waals surface area (Å²) in [4.78, 5) is 17.1. The van der Waals surface area contributed by atoms with Crippen LogP contribution in [0.25, 0.3) is 10.9 Å². The average molecular weight is 341 g/mol. The maximum absolute atomic E-state index is 12.8. The van der Waals surface area contributed by atoms with Gasteiger partial charge in [0.05, 0.1) is 18.2 Å². The van der Waals surface area contributed by atoms with Crippen molar-refractivity contribution in [2.45, 2.75) is 37.0 Å². The predicted octanol–water partition coefficient (Wildman–Crippen LogP) is 3.50. The molecule has 124 valence electrons. The van der Waals surface area contributed by atoms with Crippen LogP contribution in [0.4, 0.5) is 0 Å². The van der Waals surface area contributed by atoms with Crippen molar-refractivity contribution in [3.63, 3.8) is 0 Å². The monoisotopic (exact) mass is 341 g/mol. The summed E-state index contributed by atoms with van der Waals surface area (Å²) >= 11 is 1.27. The first-order valence-electron chi connectivity index (χ1n) is 8.01. The molecule has 1 unspecified atom stereocenters. The molecule has 1 fully saturated rings. The third-order valence-electron chi connectivity index (χ3n) is 4.42. The number of hydrogen-bond donors (Lipinski definition) is 1. The second-order valence-corrected chi connectivity index (χ2v) is 6.88. The van der Waals surface area contributed by atoms with E-state index in [0.717, 1.165) is 36.6 Å². The number of nitrogens with zero attached hydrogens (tertiary/aromatic N) is 2. The van der Waals surface area contributed by atoms with Gasteiger partial charge in [0.1, 0.15) is 11.2 Å². The van der Waals surface area contributed by atoms with Crippen molar-refractivity contribution in [2.75, 3.05) is 7.11 Å². The Morgan fingerprint density at radius 2 is 2.21 bits per heavy atom. The molecular weight excluding hydrogens is 322 g/mol. The Balaban J connectivity index is 1.87. The third kappa shape index (κ3) is 3.46. The molecule has 0 aliphatic heterocycles. The van der Waals surface area contributed by atoms with Gasteiger partial charge in [0.2, 0.25) is 0 Å². The average Bonchev–Trinajstić information content (AvgIpc) is 2.62. The van der Waals surface area contributed by atoms with Crippen LogP contribution in [0, 0.1) is 10.7 Å². The number of carbonyl (C=O) groups is 1. The summed E-state index contributed by atoms with van der Waals surface area (Å²) in [5, 5.41) is 15.2. The van der Waals surface area contributed by atoms with E-state index in [1.165, 1.54) is 11.8 Å². The largest absolute Gasteiger partial charge is 0.497 e. The van der Waals surface area contributed by atoms with Crippen LogP contribution in [0.5, 0.6) is 5.75 Å². The molecule has 0 spiro atoms. The van der Waals surface area contributed by atoms with Gasteiger partial charge in [0, 0.05) is 22.9 Å². The van der Waals surface area contributed by atoms with Crippen LogP contribution in [0.15, 0.2) is 30.5 Å². The van der Waals surface area contributed by atoms with Crippen molar-refractivity contribution < 1.29 is 9.53 Å². The molecule has 0 radical (unpaired) electrons. The van der Waals surface area contributed by atoms with Gasteiger partial charge in [0.15, 0.2) is 0 Å². The Kier molecular flexibility index (Phi) is 5.21. The molecule has 1 N–H and O–H groups in total. The fraction of sp³-hybridized carbons (Fsp3) is 0.389. The fourth-order valence-electron chi connectivity index (χ4n) is 3.17. The number of rotatable bonds is 4. The zero-order valence-corrected chi connectivity index (χ0v) is 14.3. The smallest absolute Gasteiger partial charge is 0.252 e. The van der Waals surface area contributed by atoms with Gasteiger partial charge in [-0.3, -0.25) is 9.78 Å². The molecule has 5 nitrogen and oxygen atoms in total. The highest BCUT2D eigenvalue weighted by Crippen LogP contribution is 2.29. The highest BCUT2D eigenvalue weighted by Gasteiger charge is 2.27. The molecule has 2 atom stereocenters. The number of carbonyl (C=O) groups excluding carboxylic acids is 1. The van der Waals surface area contributed by atoms with Gasteiger partial charge in [-0.1, -0.05) is 12.8 Å². The normalized spacial score (nSPS) is 20.3. The third-order valence-corrected chi connectivity index (χ3v) is 5.39. The standard InChI is InChI=1S/C18H19N3O2S/c1-23-12-6-7-15-14(10-12)13(8-9-20-15)18(22)21-16-4-2-3-5-17(16)24-11-19/h6-10,16-17H,2-5H2,1H3,(H,21,22)/t16-,17?/m0/s1. The predicted molar refractivity (Wildman–Crippen MR) is 95.0 cm³/mol. The van der Waals surface area contributed by atoms with E-state index in [9.17, 15) is 4.79 Å². The van der Waals surface area contributed by atoms with E-state index in [-0.39, 0.29) is 17.2 Å². The number of methoxy groups -OCH3 is 1. The minimum Gasteiger partial charge on any atom is -0.497 e. The van der Waals surface area contributed by atoms with E-state index in [2.05, 4.69) is 15.7 Å². The van der Waals surface area contributed by atoms with E-state index in [1.807, 2.05) is 18.2 Å². The second kappa shape index (κ2) is 7.54. The Labute approximate surface area is 145 Å². The quantitative estimate of drug-likeness (QED) is 0.862. The Hall–Kier alpha value is -2.26. The van der Waals surface area contributed by atoms with E-state index < -0.39 is 0 Å². The van der Waals surface area contributed by atoms with Crippen LogP contribution >= 0.6 is 11.8 Å². The fourth-order valence-corrected chi connectivity index (χ4v) is 3.96. The highest BCUT2D eigenvalue weighted by molar-refractivity contribution is 8.04. The lowest BCUT2D eigenvalue weighted by Gasteiger charge is -2.30. The summed E-state index contributed by atoms with van der Waals surface area (Å²) in [7, 11) is 1.60. The van der Waals surface area contributed by atoms with Gasteiger partial charge < -0.3 is 10.1 Å². The maximum atomic E-state index is 12.8. The molecule has 1 aromatic carbocycles. The lowest BCUT2D eigenvalue weighted by Crippen LogP contribution is -2.43. The van der Waals surface area contributed by atoms with Crippen LogP contribution in [0.2, 0.25) is 0 Å². The molecule has 0 saturated heterocycles. The number of pyridine rings is 1. The number of nitrogens with one attached hydrogen (secondary N) is 1. The Morgan fingerprint density at radius 1 is 1.38 bits per heavy atom. The van der Waals surface area contributed by atoms with E-state index >= 15 is 0 Å². The van der Waals surface area contributed by atoms with Gasteiger partial charge >= 0.3 is 0 Å². The number of thioether (sulfide) groups is 1. The van der Waals surface area contributed by atoms with Gasteiger partial charge in [0.25, 0.3) is 5.91 Å². The van der Waals surface area contributed by atoms with Crippen LogP contribution in [-0.2, 0) is 0 Å². The topological polar surface area (TPSA) is 75.0 Å². The van der Waals surface area contributed by atoms with E-state index in [0.29, 0.717) is 11.3 Å². The van der Waals surface area contributed by atoms with Gasteiger partial charge in [-0.05, 0) is 48.9 Å². The summed E-state index contributed by atoms with van der Waals surface area (Å²) < 4.78 is 5.26. The first-order chi connectivity index (χ1) is 11.7. The molecule has 2 aromatic rings. The molecule has 24 heavy (non-hydrogen) atoms. The SMILES string of the molecule is COc1ccc2nccc(C(=O)N[C@H]3CCCCC3SC#N)c2c1. The lowest BCUT2D eigenvalue weighted by molar-refractivity contribution is 0.0931. The van der Waals surface area contributed by atoms with Gasteiger partial charge in [-0.15, -0.1) is 0 Å². The number of benzene rings is 1. The molecule has 1 saturated carbocycles. The molecule has 0 bridgehead atoms. The van der Waals surface area contributed by atoms with Gasteiger partial charge in [-0.25, -0.2) is 0 Å².